The normalized spacial score (nSPS) is 11.5. The van der Waals surface area contributed by atoms with Crippen molar-refractivity contribution in [2.45, 2.75) is 6.36 Å². The van der Waals surface area contributed by atoms with E-state index >= 15 is 0 Å². The van der Waals surface area contributed by atoms with Crippen LogP contribution in [0, 0.1) is 5.82 Å². The van der Waals surface area contributed by atoms with E-state index in [9.17, 15) is 22.4 Å². The summed E-state index contributed by atoms with van der Waals surface area (Å²) in [5.41, 5.74) is 0.793. The van der Waals surface area contributed by atoms with Crippen LogP contribution in [0.4, 0.5) is 23.2 Å². The number of nitrogens with one attached hydrogen (secondary N) is 1. The molecule has 23 heavy (non-hydrogen) atoms. The van der Waals surface area contributed by atoms with Crippen LogP contribution >= 0.6 is 0 Å². The molecule has 3 nitrogen and oxygen atoms in total. The Labute approximate surface area is 129 Å². The molecule has 0 aliphatic rings. The summed E-state index contributed by atoms with van der Waals surface area (Å²) in [5.74, 6) is -1.12. The number of hydrogen-bond donors (Lipinski definition) is 1. The third kappa shape index (κ3) is 5.46. The van der Waals surface area contributed by atoms with Crippen LogP contribution < -0.4 is 10.1 Å². The van der Waals surface area contributed by atoms with Crippen molar-refractivity contribution in [3.8, 4) is 5.75 Å². The van der Waals surface area contributed by atoms with Gasteiger partial charge in [-0.3, -0.25) is 4.79 Å². The molecule has 0 unspecified atom stereocenters. The number of allylic oxidation sites excluding steroid dienone is 1. The average molecular weight is 325 g/mol. The Bertz CT molecular complexity index is 692. The first-order valence-corrected chi connectivity index (χ1v) is 6.42. The molecule has 0 aromatic heterocycles. The Morgan fingerprint density at radius 1 is 1.00 bits per heavy atom. The molecule has 0 fully saturated rings. The van der Waals surface area contributed by atoms with Crippen molar-refractivity contribution in [1.82, 2.24) is 0 Å². The lowest BCUT2D eigenvalue weighted by Crippen LogP contribution is -2.16. The Hall–Kier alpha value is -2.83. The summed E-state index contributed by atoms with van der Waals surface area (Å²) >= 11 is 0. The van der Waals surface area contributed by atoms with Crippen molar-refractivity contribution in [2.75, 3.05) is 5.32 Å². The first kappa shape index (κ1) is 16.5. The van der Waals surface area contributed by atoms with E-state index in [-0.39, 0.29) is 11.5 Å². The summed E-state index contributed by atoms with van der Waals surface area (Å²) in [4.78, 5) is 11.8. The molecule has 2 aromatic carbocycles. The molecule has 0 atom stereocenters. The van der Waals surface area contributed by atoms with Gasteiger partial charge < -0.3 is 10.1 Å². The van der Waals surface area contributed by atoms with Gasteiger partial charge in [-0.1, -0.05) is 0 Å². The number of halogens is 4. The first-order chi connectivity index (χ1) is 10.8. The molecule has 2 rings (SSSR count). The van der Waals surface area contributed by atoms with Crippen LogP contribution in [0.5, 0.6) is 5.75 Å². The van der Waals surface area contributed by atoms with Gasteiger partial charge in [0.15, 0.2) is 5.78 Å². The second kappa shape index (κ2) is 6.95. The number of anilines is 1. The number of alkyl halides is 3. The number of hydrogen-bond acceptors (Lipinski definition) is 3. The molecule has 2 aromatic rings. The van der Waals surface area contributed by atoms with Crippen molar-refractivity contribution in [3.63, 3.8) is 0 Å². The van der Waals surface area contributed by atoms with Gasteiger partial charge in [-0.05, 0) is 48.5 Å². The largest absolute Gasteiger partial charge is 0.573 e. The van der Waals surface area contributed by atoms with Crippen molar-refractivity contribution in [3.05, 3.63) is 72.2 Å². The molecule has 0 spiro atoms. The van der Waals surface area contributed by atoms with Gasteiger partial charge >= 0.3 is 6.36 Å². The molecule has 0 saturated heterocycles. The number of rotatable bonds is 5. The molecule has 1 N–H and O–H groups in total. The number of carbonyl (C=O) groups is 1. The number of benzene rings is 2. The molecular formula is C16H11F4NO2. The fraction of sp³-hybridized carbons (Fsp3) is 0.0625. The van der Waals surface area contributed by atoms with Gasteiger partial charge in [-0.25, -0.2) is 4.39 Å². The topological polar surface area (TPSA) is 38.3 Å². The van der Waals surface area contributed by atoms with Gasteiger partial charge in [0, 0.05) is 23.5 Å². The Kier molecular flexibility index (Phi) is 5.00. The van der Waals surface area contributed by atoms with Crippen molar-refractivity contribution in [1.29, 1.82) is 0 Å². The summed E-state index contributed by atoms with van der Waals surface area (Å²) in [6, 6.07) is 10.1. The molecular weight excluding hydrogens is 314 g/mol. The average Bonchev–Trinajstić information content (AvgIpc) is 2.48. The molecule has 120 valence electrons. The lowest BCUT2D eigenvalue weighted by atomic mass is 10.1. The van der Waals surface area contributed by atoms with Crippen LogP contribution in [0.25, 0.3) is 0 Å². The number of ketones is 1. The van der Waals surface area contributed by atoms with Crippen LogP contribution in [0.2, 0.25) is 0 Å². The van der Waals surface area contributed by atoms with Crippen LogP contribution in [-0.2, 0) is 0 Å². The number of carbonyl (C=O) groups excluding carboxylic acids is 1. The van der Waals surface area contributed by atoms with Crippen LogP contribution in [-0.4, -0.2) is 12.1 Å². The maximum atomic E-state index is 12.7. The first-order valence-electron chi connectivity index (χ1n) is 6.42. The Morgan fingerprint density at radius 2 is 1.61 bits per heavy atom. The quantitative estimate of drug-likeness (QED) is 0.498. The summed E-state index contributed by atoms with van der Waals surface area (Å²) in [5, 5.41) is 2.73. The minimum absolute atomic E-state index is 0.318. The zero-order valence-electron chi connectivity index (χ0n) is 11.6. The maximum Gasteiger partial charge on any atom is 0.573 e. The van der Waals surface area contributed by atoms with Gasteiger partial charge in [-0.15, -0.1) is 13.2 Å². The molecule has 0 bridgehead atoms. The molecule has 0 saturated carbocycles. The third-order valence-electron chi connectivity index (χ3n) is 2.70. The van der Waals surface area contributed by atoms with Gasteiger partial charge in [0.1, 0.15) is 11.6 Å². The fourth-order valence-electron chi connectivity index (χ4n) is 1.68. The molecule has 0 aliphatic carbocycles. The van der Waals surface area contributed by atoms with Crippen LogP contribution in [0.15, 0.2) is 60.8 Å². The van der Waals surface area contributed by atoms with E-state index in [1.54, 1.807) is 0 Å². The zero-order valence-corrected chi connectivity index (χ0v) is 11.6. The van der Waals surface area contributed by atoms with E-state index < -0.39 is 12.2 Å². The summed E-state index contributed by atoms with van der Waals surface area (Å²) in [6.45, 7) is 0. The van der Waals surface area contributed by atoms with Crippen LogP contribution in [0.1, 0.15) is 10.4 Å². The molecule has 0 aliphatic heterocycles. The molecule has 0 amide bonds. The van der Waals surface area contributed by atoms with Gasteiger partial charge in [0.2, 0.25) is 0 Å². The zero-order chi connectivity index (χ0) is 16.9. The highest BCUT2D eigenvalue weighted by molar-refractivity contribution is 6.04. The summed E-state index contributed by atoms with van der Waals surface area (Å²) < 4.78 is 52.5. The monoisotopic (exact) mass is 325 g/mol. The van der Waals surface area contributed by atoms with E-state index in [1.165, 1.54) is 48.7 Å². The highest BCUT2D eigenvalue weighted by atomic mass is 19.4. The highest BCUT2D eigenvalue weighted by Crippen LogP contribution is 2.23. The standard InChI is InChI=1S/C16H11F4NO2/c17-12-3-1-11(2-4-12)15(22)9-10-21-13-5-7-14(8-6-13)23-16(18,19)20/h1-10,21H/b10-9+. The lowest BCUT2D eigenvalue weighted by molar-refractivity contribution is -0.274. The van der Waals surface area contributed by atoms with Gasteiger partial charge in [0.25, 0.3) is 0 Å². The summed E-state index contributed by atoms with van der Waals surface area (Å²) in [7, 11) is 0. The third-order valence-corrected chi connectivity index (χ3v) is 2.70. The van der Waals surface area contributed by atoms with E-state index in [1.807, 2.05) is 0 Å². The maximum absolute atomic E-state index is 12.7. The molecule has 0 heterocycles. The van der Waals surface area contributed by atoms with E-state index in [2.05, 4.69) is 10.1 Å². The second-order valence-corrected chi connectivity index (χ2v) is 4.42. The van der Waals surface area contributed by atoms with Crippen LogP contribution in [0.3, 0.4) is 0 Å². The minimum atomic E-state index is -4.74. The van der Waals surface area contributed by atoms with Gasteiger partial charge in [-0.2, -0.15) is 0 Å². The fourth-order valence-corrected chi connectivity index (χ4v) is 1.68. The van der Waals surface area contributed by atoms with E-state index in [4.69, 9.17) is 0 Å². The van der Waals surface area contributed by atoms with Crippen molar-refractivity contribution >= 4 is 11.5 Å². The van der Waals surface area contributed by atoms with E-state index in [0.29, 0.717) is 11.3 Å². The lowest BCUT2D eigenvalue weighted by Gasteiger charge is -2.09. The highest BCUT2D eigenvalue weighted by Gasteiger charge is 2.30. The molecule has 0 radical (unpaired) electrons. The second-order valence-electron chi connectivity index (χ2n) is 4.42. The molecule has 7 heteroatoms. The van der Waals surface area contributed by atoms with Crippen molar-refractivity contribution in [2.24, 2.45) is 0 Å². The Morgan fingerprint density at radius 3 is 2.17 bits per heavy atom. The SMILES string of the molecule is O=C(/C=C/Nc1ccc(OC(F)(F)F)cc1)c1ccc(F)cc1. The predicted octanol–water partition coefficient (Wildman–Crippen LogP) is 4.53. The predicted molar refractivity (Wildman–Crippen MR) is 76.6 cm³/mol. The smallest absolute Gasteiger partial charge is 0.406 e. The summed E-state index contributed by atoms with van der Waals surface area (Å²) in [6.07, 6.45) is -2.17. The number of ether oxygens (including phenoxy) is 1. The minimum Gasteiger partial charge on any atom is -0.406 e. The van der Waals surface area contributed by atoms with Gasteiger partial charge in [0.05, 0.1) is 0 Å². The Balaban J connectivity index is 1.92. The van der Waals surface area contributed by atoms with Crippen molar-refractivity contribution < 1.29 is 27.1 Å². The van der Waals surface area contributed by atoms with E-state index in [0.717, 1.165) is 12.1 Å².